The van der Waals surface area contributed by atoms with Crippen molar-refractivity contribution < 1.29 is 24.2 Å². The van der Waals surface area contributed by atoms with E-state index in [1.165, 1.54) is 4.90 Å². The molecule has 2 unspecified atom stereocenters. The summed E-state index contributed by atoms with van der Waals surface area (Å²) in [4.78, 5) is 48.4. The Kier molecular flexibility index (Phi) is 9.11. The SMILES string of the molecule is C=CCN(Cc1ccccc1)C(=O)[C@@H]1[C@@H]2CCC3(O2)C(C(=O)N(CC=C)c2ccc(Cl)cc2)N([C@@H](CO)C(C)C)C(=O)[C@H]13. The van der Waals surface area contributed by atoms with Gasteiger partial charge in [-0.1, -0.05) is 67.9 Å². The number of amides is 3. The molecule has 3 saturated heterocycles. The molecule has 0 saturated carbocycles. The van der Waals surface area contributed by atoms with Crippen LogP contribution in [-0.2, 0) is 25.7 Å². The molecule has 1 spiro atoms. The lowest BCUT2D eigenvalue weighted by molar-refractivity contribution is -0.148. The Morgan fingerprint density at radius 3 is 2.37 bits per heavy atom. The van der Waals surface area contributed by atoms with Crippen molar-refractivity contribution in [3.8, 4) is 0 Å². The van der Waals surface area contributed by atoms with Gasteiger partial charge in [0.2, 0.25) is 11.8 Å². The Morgan fingerprint density at radius 1 is 1.09 bits per heavy atom. The van der Waals surface area contributed by atoms with Crippen LogP contribution in [0.4, 0.5) is 5.69 Å². The summed E-state index contributed by atoms with van der Waals surface area (Å²) in [6.45, 7) is 12.1. The molecule has 8 nitrogen and oxygen atoms in total. The number of fused-ring (bicyclic) bond motifs is 1. The molecule has 3 aliphatic heterocycles. The highest BCUT2D eigenvalue weighted by atomic mass is 35.5. The number of hydrogen-bond acceptors (Lipinski definition) is 5. The maximum absolute atomic E-state index is 14.7. The number of anilines is 1. The fourth-order valence-electron chi connectivity index (χ4n) is 7.25. The van der Waals surface area contributed by atoms with Gasteiger partial charge in [-0.05, 0) is 48.6 Å². The first-order valence-electron chi connectivity index (χ1n) is 14.9. The van der Waals surface area contributed by atoms with E-state index in [9.17, 15) is 19.5 Å². The number of rotatable bonds is 12. The van der Waals surface area contributed by atoms with Crippen LogP contribution >= 0.6 is 11.6 Å². The molecule has 1 N–H and O–H groups in total. The number of hydrogen-bond donors (Lipinski definition) is 1. The zero-order chi connectivity index (χ0) is 30.9. The Morgan fingerprint density at radius 2 is 1.77 bits per heavy atom. The molecular weight excluding hydrogens is 566 g/mol. The lowest BCUT2D eigenvalue weighted by Gasteiger charge is -2.40. The van der Waals surface area contributed by atoms with Gasteiger partial charge in [0.05, 0.1) is 30.6 Å². The fraction of sp³-hybridized carbons (Fsp3) is 0.441. The lowest BCUT2D eigenvalue weighted by Crippen LogP contribution is -2.59. The second-order valence-electron chi connectivity index (χ2n) is 12.0. The first-order valence-corrected chi connectivity index (χ1v) is 15.3. The van der Waals surface area contributed by atoms with Crippen LogP contribution in [0.2, 0.25) is 5.02 Å². The topological polar surface area (TPSA) is 90.4 Å². The van der Waals surface area contributed by atoms with E-state index in [1.54, 1.807) is 46.2 Å². The first-order chi connectivity index (χ1) is 20.7. The van der Waals surface area contributed by atoms with E-state index >= 15 is 0 Å². The van der Waals surface area contributed by atoms with E-state index in [4.69, 9.17) is 16.3 Å². The van der Waals surface area contributed by atoms with Gasteiger partial charge in [0.1, 0.15) is 11.6 Å². The van der Waals surface area contributed by atoms with Gasteiger partial charge >= 0.3 is 0 Å². The Hall–Kier alpha value is -3.46. The van der Waals surface area contributed by atoms with Crippen LogP contribution in [0.25, 0.3) is 0 Å². The monoisotopic (exact) mass is 605 g/mol. The van der Waals surface area contributed by atoms with Gasteiger partial charge < -0.3 is 24.5 Å². The van der Waals surface area contributed by atoms with Gasteiger partial charge in [-0.15, -0.1) is 13.2 Å². The van der Waals surface area contributed by atoms with Crippen LogP contribution in [0.15, 0.2) is 79.9 Å². The van der Waals surface area contributed by atoms with E-state index in [2.05, 4.69) is 13.2 Å². The smallest absolute Gasteiger partial charge is 0.253 e. The molecule has 6 atom stereocenters. The molecule has 3 heterocycles. The molecule has 0 aliphatic carbocycles. The maximum Gasteiger partial charge on any atom is 0.253 e. The van der Waals surface area contributed by atoms with Crippen molar-refractivity contribution in [2.75, 3.05) is 24.6 Å². The van der Waals surface area contributed by atoms with Crippen LogP contribution in [0.1, 0.15) is 32.3 Å². The van der Waals surface area contributed by atoms with Crippen molar-refractivity contribution in [3.05, 3.63) is 90.5 Å². The minimum absolute atomic E-state index is 0.149. The lowest BCUT2D eigenvalue weighted by atomic mass is 9.70. The highest BCUT2D eigenvalue weighted by Crippen LogP contribution is 2.59. The highest BCUT2D eigenvalue weighted by Gasteiger charge is 2.75. The highest BCUT2D eigenvalue weighted by molar-refractivity contribution is 6.30. The predicted molar refractivity (Wildman–Crippen MR) is 166 cm³/mol. The first kappa shape index (κ1) is 31.0. The van der Waals surface area contributed by atoms with E-state index < -0.39 is 35.6 Å². The summed E-state index contributed by atoms with van der Waals surface area (Å²) in [5.74, 6) is -2.59. The number of nitrogens with zero attached hydrogens (tertiary/aromatic N) is 3. The third kappa shape index (κ3) is 5.41. The van der Waals surface area contributed by atoms with Gasteiger partial charge in [-0.3, -0.25) is 14.4 Å². The van der Waals surface area contributed by atoms with Gasteiger partial charge in [-0.2, -0.15) is 0 Å². The fourth-order valence-corrected chi connectivity index (χ4v) is 7.38. The van der Waals surface area contributed by atoms with Crippen LogP contribution in [0, 0.1) is 17.8 Å². The maximum atomic E-state index is 14.7. The molecular formula is C34H40ClN3O5. The normalized spacial score (nSPS) is 26.3. The molecule has 0 aromatic heterocycles. The van der Waals surface area contributed by atoms with Crippen molar-refractivity contribution in [1.82, 2.24) is 9.80 Å². The van der Waals surface area contributed by atoms with Gasteiger partial charge in [0.25, 0.3) is 5.91 Å². The zero-order valence-electron chi connectivity index (χ0n) is 24.8. The standard InChI is InChI=1S/C34H40ClN3O5/c1-5-18-36(20-23-10-8-7-9-11-23)31(40)28-27-16-17-34(43-27)29(28)32(41)38(26(21-39)22(3)4)30(34)33(42)37(19-6-2)25-14-12-24(35)13-15-25/h5-15,22,26-30,39H,1-2,16-21H2,3-4H3/t26-,27-,28+,29-,30?,34?/m0/s1. The summed E-state index contributed by atoms with van der Waals surface area (Å²) in [7, 11) is 0. The molecule has 2 bridgehead atoms. The Labute approximate surface area is 258 Å². The number of halogens is 1. The number of carbonyl (C=O) groups excluding carboxylic acids is 3. The van der Waals surface area contributed by atoms with Crippen molar-refractivity contribution in [1.29, 1.82) is 0 Å². The number of aliphatic hydroxyl groups excluding tert-OH is 1. The average molecular weight is 606 g/mol. The Bertz CT molecular complexity index is 1370. The van der Waals surface area contributed by atoms with E-state index in [0.29, 0.717) is 36.6 Å². The average Bonchev–Trinajstić information content (AvgIpc) is 3.64. The van der Waals surface area contributed by atoms with Crippen molar-refractivity contribution >= 4 is 35.0 Å². The van der Waals surface area contributed by atoms with Crippen molar-refractivity contribution in [2.24, 2.45) is 17.8 Å². The van der Waals surface area contributed by atoms with E-state index in [1.807, 2.05) is 44.2 Å². The molecule has 3 aliphatic rings. The van der Waals surface area contributed by atoms with Gasteiger partial charge in [0, 0.05) is 30.3 Å². The molecule has 228 valence electrons. The summed E-state index contributed by atoms with van der Waals surface area (Å²) in [6, 6.07) is 14.9. The molecule has 43 heavy (non-hydrogen) atoms. The Balaban J connectivity index is 1.57. The largest absolute Gasteiger partial charge is 0.394 e. The van der Waals surface area contributed by atoms with Crippen LogP contribution in [-0.4, -0.2) is 76.1 Å². The molecule has 3 fully saturated rings. The van der Waals surface area contributed by atoms with Gasteiger partial charge in [-0.25, -0.2) is 0 Å². The molecule has 2 aromatic carbocycles. The minimum atomic E-state index is -1.19. The van der Waals surface area contributed by atoms with Crippen LogP contribution in [0.3, 0.4) is 0 Å². The van der Waals surface area contributed by atoms with E-state index in [-0.39, 0.29) is 36.8 Å². The second-order valence-corrected chi connectivity index (χ2v) is 12.4. The number of aliphatic hydroxyl groups is 1. The van der Waals surface area contributed by atoms with Gasteiger partial charge in [0.15, 0.2) is 0 Å². The molecule has 2 aromatic rings. The summed E-state index contributed by atoms with van der Waals surface area (Å²) < 4.78 is 6.68. The predicted octanol–water partition coefficient (Wildman–Crippen LogP) is 4.47. The van der Waals surface area contributed by atoms with Crippen LogP contribution < -0.4 is 4.90 Å². The molecule has 9 heteroatoms. The third-order valence-electron chi connectivity index (χ3n) is 9.16. The summed E-state index contributed by atoms with van der Waals surface area (Å²) >= 11 is 6.14. The molecule has 5 rings (SSSR count). The van der Waals surface area contributed by atoms with Crippen molar-refractivity contribution in [3.63, 3.8) is 0 Å². The number of ether oxygens (including phenoxy) is 1. The summed E-state index contributed by atoms with van der Waals surface area (Å²) in [6.07, 6.45) is 3.84. The minimum Gasteiger partial charge on any atom is -0.394 e. The third-order valence-corrected chi connectivity index (χ3v) is 9.42. The molecule has 3 amide bonds. The number of benzene rings is 2. The van der Waals surface area contributed by atoms with Crippen LogP contribution in [0.5, 0.6) is 0 Å². The zero-order valence-corrected chi connectivity index (χ0v) is 25.5. The quantitative estimate of drug-likeness (QED) is 0.361. The second kappa shape index (κ2) is 12.6. The number of likely N-dealkylation sites (tertiary alicyclic amines) is 1. The summed E-state index contributed by atoms with van der Waals surface area (Å²) in [5, 5.41) is 11.0. The molecule has 0 radical (unpaired) electrons. The number of carbonyl (C=O) groups is 3. The van der Waals surface area contributed by atoms with Crippen molar-refractivity contribution in [2.45, 2.75) is 57.0 Å². The summed E-state index contributed by atoms with van der Waals surface area (Å²) in [5.41, 5.74) is 0.374. The van der Waals surface area contributed by atoms with E-state index in [0.717, 1.165) is 5.56 Å².